The van der Waals surface area contributed by atoms with Gasteiger partial charge in [0, 0.05) is 5.56 Å². The van der Waals surface area contributed by atoms with Gasteiger partial charge in [-0.3, -0.25) is 0 Å². The first-order valence-electron chi connectivity index (χ1n) is 8.72. The van der Waals surface area contributed by atoms with Crippen LogP contribution in [-0.4, -0.2) is 32.6 Å². The largest absolute Gasteiger partial charge is 0.487 e. The topological polar surface area (TPSA) is 13.1 Å². The minimum Gasteiger partial charge on any atom is -0.487 e. The van der Waals surface area contributed by atoms with Crippen LogP contribution in [0.3, 0.4) is 0 Å². The lowest BCUT2D eigenvalue weighted by atomic mass is 9.73. The van der Waals surface area contributed by atoms with Gasteiger partial charge in [0.05, 0.1) is 0 Å². The molecule has 116 valence electrons. The fourth-order valence-corrected chi connectivity index (χ4v) is 5.52. The monoisotopic (exact) mass is 358 g/mol. The Morgan fingerprint density at radius 2 is 1.08 bits per heavy atom. The van der Waals surface area contributed by atoms with Crippen molar-refractivity contribution in [1.29, 1.82) is 0 Å². The van der Waals surface area contributed by atoms with E-state index in [2.05, 4.69) is 105 Å². The van der Waals surface area contributed by atoms with Crippen molar-refractivity contribution in [2.24, 2.45) is 0 Å². The van der Waals surface area contributed by atoms with Crippen molar-refractivity contribution in [2.45, 2.75) is 5.41 Å². The zero-order valence-corrected chi connectivity index (χ0v) is 16.3. The van der Waals surface area contributed by atoms with Crippen molar-refractivity contribution >= 4 is 41.6 Å². The molecule has 2 aliphatic rings. The molecule has 3 aromatic carbocycles. The van der Waals surface area contributed by atoms with E-state index in [4.69, 9.17) is 4.42 Å². The molecule has 2 aliphatic carbocycles. The van der Waals surface area contributed by atoms with E-state index in [0.29, 0.717) is 0 Å². The maximum Gasteiger partial charge on any atom is 0.239 e. The number of hydrogen-bond acceptors (Lipinski definition) is 1. The molecule has 1 aromatic heterocycles. The average Bonchev–Trinajstić information content (AvgIpc) is 3.26. The molecule has 0 fully saturated rings. The lowest BCUT2D eigenvalue weighted by molar-refractivity contribution is 0.498. The van der Waals surface area contributed by atoms with Crippen LogP contribution in [0.4, 0.5) is 0 Å². The summed E-state index contributed by atoms with van der Waals surface area (Å²) in [6.07, 6.45) is 0. The van der Waals surface area contributed by atoms with Crippen molar-refractivity contribution in [3.63, 3.8) is 0 Å². The first-order valence-corrected chi connectivity index (χ1v) is 9.87. The van der Waals surface area contributed by atoms with Crippen molar-refractivity contribution in [2.75, 3.05) is 0 Å². The van der Waals surface area contributed by atoms with Crippen molar-refractivity contribution < 1.29 is 4.42 Å². The van der Waals surface area contributed by atoms with Gasteiger partial charge >= 0.3 is 0 Å². The number of hydrogen-bond donors (Lipinski definition) is 0. The summed E-state index contributed by atoms with van der Waals surface area (Å²) < 4.78 is 8.47. The quantitative estimate of drug-likeness (QED) is 0.380. The summed E-state index contributed by atoms with van der Waals surface area (Å²) >= 11 is 5.63. The van der Waals surface area contributed by atoms with Crippen LogP contribution in [0.2, 0.25) is 0 Å². The van der Waals surface area contributed by atoms with E-state index in [0.717, 1.165) is 14.8 Å². The first kappa shape index (κ1) is 15.1. The highest BCUT2D eigenvalue weighted by atomic mass is 27.1. The van der Waals surface area contributed by atoms with Crippen LogP contribution in [0.25, 0.3) is 22.3 Å². The third-order valence-corrected chi connectivity index (χ3v) is 7.20. The summed E-state index contributed by atoms with van der Waals surface area (Å²) in [5.41, 5.74) is 8.69. The van der Waals surface area contributed by atoms with Gasteiger partial charge in [0.15, 0.2) is 16.3 Å². The Labute approximate surface area is 168 Å². The van der Waals surface area contributed by atoms with Gasteiger partial charge in [0.1, 0.15) is 11.2 Å². The minimum absolute atomic E-state index is 0.362. The van der Waals surface area contributed by atoms with Gasteiger partial charge in [-0.1, -0.05) is 72.8 Å². The number of furan rings is 1. The fourth-order valence-electron chi connectivity index (χ4n) is 4.91. The molecule has 4 radical (unpaired) electrons. The Morgan fingerprint density at radius 3 is 1.65 bits per heavy atom. The second-order valence-corrected chi connectivity index (χ2v) is 8.07. The van der Waals surface area contributed by atoms with Gasteiger partial charge in [-0.25, -0.2) is 0 Å². The van der Waals surface area contributed by atoms with Gasteiger partial charge in [0.2, 0.25) is 16.3 Å². The summed E-state index contributed by atoms with van der Waals surface area (Å²) in [6.45, 7) is 0. The molecular weight excluding hydrogens is 346 g/mol. The van der Waals surface area contributed by atoms with Crippen LogP contribution in [0, 0.1) is 0 Å². The van der Waals surface area contributed by atoms with Crippen LogP contribution >= 0.6 is 0 Å². The second-order valence-electron chi connectivity index (χ2n) is 6.97. The summed E-state index contributed by atoms with van der Waals surface area (Å²) in [4.78, 5) is 0. The van der Waals surface area contributed by atoms with Crippen molar-refractivity contribution in [1.82, 2.24) is 0 Å². The molecule has 0 atom stereocenters. The maximum atomic E-state index is 6.43. The zero-order chi connectivity index (χ0) is 17.5. The molecule has 1 spiro atoms. The lowest BCUT2D eigenvalue weighted by Gasteiger charge is -2.28. The minimum atomic E-state index is -0.362. The molecule has 0 aliphatic heterocycles. The molecule has 1 heterocycles. The number of fused-ring (bicyclic) bond motifs is 10. The molecule has 0 bridgehead atoms. The Balaban J connectivity index is 1.89. The highest BCUT2D eigenvalue weighted by Crippen LogP contribution is 2.62. The average molecular weight is 358 g/mol. The Kier molecular flexibility index (Phi) is 2.93. The van der Waals surface area contributed by atoms with E-state index in [9.17, 15) is 0 Å². The molecule has 4 aromatic rings. The van der Waals surface area contributed by atoms with Crippen LogP contribution < -0.4 is 9.05 Å². The molecule has 0 saturated carbocycles. The van der Waals surface area contributed by atoms with Gasteiger partial charge in [-0.2, -0.15) is 0 Å². The Hall–Kier alpha value is -2.00. The summed E-state index contributed by atoms with van der Waals surface area (Å²) in [6, 6.07) is 26.2. The Bertz CT molecular complexity index is 1170. The standard InChI is InChI=1S/C23H12O.2Al/c1-4-10-19-15(7-1)16-8-2-5-11-20(16)23(19)21-12-6-3-9-17(21)18-13-14-24-22(18)23;;/h1-12H;;. The molecule has 0 N–H and O–H groups in total. The van der Waals surface area contributed by atoms with E-state index < -0.39 is 0 Å². The predicted octanol–water partition coefficient (Wildman–Crippen LogP) is 3.21. The molecule has 0 amide bonds. The van der Waals surface area contributed by atoms with Gasteiger partial charge < -0.3 is 4.42 Å². The number of benzene rings is 3. The van der Waals surface area contributed by atoms with Gasteiger partial charge in [0.25, 0.3) is 0 Å². The smallest absolute Gasteiger partial charge is 0.239 e. The molecule has 6 rings (SSSR count). The Morgan fingerprint density at radius 1 is 0.615 bits per heavy atom. The summed E-state index contributed by atoms with van der Waals surface area (Å²) in [5.74, 6) is 1.05. The van der Waals surface area contributed by atoms with Crippen LogP contribution in [-0.2, 0) is 5.41 Å². The summed E-state index contributed by atoms with van der Waals surface area (Å²) in [5, 5.41) is 0. The first-order chi connectivity index (χ1) is 12.7. The molecule has 0 saturated heterocycles. The van der Waals surface area contributed by atoms with E-state index in [1.165, 1.54) is 38.9 Å². The van der Waals surface area contributed by atoms with Crippen LogP contribution in [0.15, 0.2) is 77.2 Å². The third-order valence-electron chi connectivity index (χ3n) is 5.87. The third kappa shape index (κ3) is 1.56. The van der Waals surface area contributed by atoms with E-state index >= 15 is 0 Å². The predicted molar refractivity (Wildman–Crippen MR) is 106 cm³/mol. The zero-order valence-electron chi connectivity index (χ0n) is 14.0. The van der Waals surface area contributed by atoms with Gasteiger partial charge in [-0.05, 0) is 38.0 Å². The van der Waals surface area contributed by atoms with Gasteiger partial charge in [-0.15, -0.1) is 4.43 Å². The normalized spacial score (nSPS) is 14.8. The summed E-state index contributed by atoms with van der Waals surface area (Å²) in [7, 11) is 0. The molecule has 3 heteroatoms. The highest BCUT2D eigenvalue weighted by molar-refractivity contribution is 6.50. The fraction of sp³-hybridized carbons (Fsp3) is 0.0435. The highest BCUT2D eigenvalue weighted by Gasteiger charge is 2.54. The maximum absolute atomic E-state index is 6.43. The second kappa shape index (κ2) is 5.04. The molecule has 26 heavy (non-hydrogen) atoms. The molecule has 0 unspecified atom stereocenters. The van der Waals surface area contributed by atoms with Crippen LogP contribution in [0.1, 0.15) is 22.5 Å². The molecular formula is C23H12Al2O. The lowest BCUT2D eigenvalue weighted by Crippen LogP contribution is -2.26. The molecule has 1 nitrogen and oxygen atoms in total. The number of rotatable bonds is 0. The van der Waals surface area contributed by atoms with E-state index in [1.54, 1.807) is 0 Å². The van der Waals surface area contributed by atoms with E-state index in [-0.39, 0.29) is 5.41 Å². The SMILES string of the molecule is [Al][c]1oc2c([c]1[Al])-c1ccccc1C21c2ccccc2-c2ccccc21. The van der Waals surface area contributed by atoms with Crippen molar-refractivity contribution in [3.8, 4) is 22.3 Å². The van der Waals surface area contributed by atoms with Crippen LogP contribution in [0.5, 0.6) is 0 Å². The van der Waals surface area contributed by atoms with E-state index in [1.807, 2.05) is 0 Å². The van der Waals surface area contributed by atoms with Crippen molar-refractivity contribution in [3.05, 3.63) is 95.2 Å².